The molecule has 2 amide bonds. The summed E-state index contributed by atoms with van der Waals surface area (Å²) >= 11 is 6.31. The van der Waals surface area contributed by atoms with Gasteiger partial charge in [-0.05, 0) is 80.7 Å². The van der Waals surface area contributed by atoms with Crippen LogP contribution in [0.5, 0.6) is 11.5 Å². The third kappa shape index (κ3) is 6.59. The minimum Gasteiger partial charge on any atom is -0.497 e. The van der Waals surface area contributed by atoms with Crippen LogP contribution < -0.4 is 9.47 Å². The Morgan fingerprint density at radius 2 is 1.59 bits per heavy atom. The van der Waals surface area contributed by atoms with Crippen molar-refractivity contribution in [1.29, 1.82) is 0 Å². The second-order valence-electron chi connectivity index (χ2n) is 11.1. The Morgan fingerprint density at radius 3 is 2.15 bits per heavy atom. The number of hydrogen-bond donors (Lipinski definition) is 1. The van der Waals surface area contributed by atoms with E-state index in [4.69, 9.17) is 21.1 Å². The highest BCUT2D eigenvalue weighted by molar-refractivity contribution is 6.34. The van der Waals surface area contributed by atoms with Crippen LogP contribution in [0.1, 0.15) is 54.4 Å². The van der Waals surface area contributed by atoms with E-state index < -0.39 is 23.2 Å². The van der Waals surface area contributed by atoms with Crippen molar-refractivity contribution in [3.05, 3.63) is 58.6 Å². The summed E-state index contributed by atoms with van der Waals surface area (Å²) in [6, 6.07) is 9.97. The number of benzene rings is 2. The van der Waals surface area contributed by atoms with E-state index in [0.29, 0.717) is 35.1 Å². The molecular formula is C30H36ClF3N2O5. The highest BCUT2D eigenvalue weighted by Crippen LogP contribution is 2.43. The molecule has 0 spiro atoms. The Labute approximate surface area is 243 Å². The predicted molar refractivity (Wildman–Crippen MR) is 148 cm³/mol. The number of ether oxygens (including phenoxy) is 2. The van der Waals surface area contributed by atoms with Crippen LogP contribution in [0.3, 0.4) is 0 Å². The molecule has 11 heteroatoms. The Morgan fingerprint density at radius 1 is 0.951 bits per heavy atom. The first-order valence-electron chi connectivity index (χ1n) is 13.8. The molecule has 1 saturated carbocycles. The summed E-state index contributed by atoms with van der Waals surface area (Å²) in [4.78, 5) is 27.9. The zero-order chi connectivity index (χ0) is 29.9. The van der Waals surface area contributed by atoms with Gasteiger partial charge in [0.25, 0.3) is 17.4 Å². The molecule has 7 nitrogen and oxygen atoms in total. The lowest BCUT2D eigenvalue weighted by Crippen LogP contribution is -2.57. The number of nitrogens with zero attached hydrogens (tertiary/aromatic N) is 2. The van der Waals surface area contributed by atoms with Crippen molar-refractivity contribution < 1.29 is 37.3 Å². The van der Waals surface area contributed by atoms with Crippen LogP contribution in [0.15, 0.2) is 42.5 Å². The summed E-state index contributed by atoms with van der Waals surface area (Å²) in [5.74, 6) is -0.147. The molecule has 2 aromatic rings. The normalized spacial score (nSPS) is 21.6. The van der Waals surface area contributed by atoms with Gasteiger partial charge in [0, 0.05) is 32.7 Å². The zero-order valence-electron chi connectivity index (χ0n) is 23.4. The van der Waals surface area contributed by atoms with Gasteiger partial charge in [-0.25, -0.2) is 0 Å². The third-order valence-corrected chi connectivity index (χ3v) is 8.61. The number of likely N-dealkylation sites (tertiary alicyclic amines) is 1. The number of halogens is 4. The Bertz CT molecular complexity index is 1240. The molecule has 1 saturated heterocycles. The van der Waals surface area contributed by atoms with Crippen LogP contribution in [0, 0.1) is 11.8 Å². The maximum Gasteiger partial charge on any atom is 0.430 e. The second kappa shape index (κ2) is 12.5. The molecule has 1 aliphatic carbocycles. The fourth-order valence-corrected chi connectivity index (χ4v) is 6.16. The van der Waals surface area contributed by atoms with Crippen LogP contribution in [0.25, 0.3) is 0 Å². The molecule has 41 heavy (non-hydrogen) atoms. The van der Waals surface area contributed by atoms with Crippen LogP contribution in [0.4, 0.5) is 13.2 Å². The van der Waals surface area contributed by atoms with Crippen molar-refractivity contribution in [3.8, 4) is 11.5 Å². The number of rotatable bonds is 7. The maximum atomic E-state index is 14.1. The maximum absolute atomic E-state index is 14.1. The topological polar surface area (TPSA) is 79.3 Å². The summed E-state index contributed by atoms with van der Waals surface area (Å²) in [7, 11) is 4.63. The molecule has 2 aliphatic rings. The van der Waals surface area contributed by atoms with E-state index in [1.54, 1.807) is 32.3 Å². The molecule has 1 atom stereocenters. The fourth-order valence-electron chi connectivity index (χ4n) is 5.91. The van der Waals surface area contributed by atoms with Gasteiger partial charge in [-0.2, -0.15) is 13.2 Å². The smallest absolute Gasteiger partial charge is 0.430 e. The number of alkyl halides is 3. The lowest BCUT2D eigenvalue weighted by Gasteiger charge is -2.41. The van der Waals surface area contributed by atoms with Crippen LogP contribution in [0.2, 0.25) is 5.02 Å². The molecule has 0 radical (unpaired) electrons. The highest BCUT2D eigenvalue weighted by Gasteiger charge is 2.62. The number of hydrogen-bond acceptors (Lipinski definition) is 5. The molecule has 1 aliphatic heterocycles. The molecule has 224 valence electrons. The third-order valence-electron chi connectivity index (χ3n) is 8.30. The molecule has 4 rings (SSSR count). The average Bonchev–Trinajstić information content (AvgIpc) is 2.96. The van der Waals surface area contributed by atoms with Gasteiger partial charge in [-0.3, -0.25) is 9.59 Å². The SMILES string of the molecule is COc1cccc([C@@](O)(C(=O)N2CCC([C@H]3CC[C@@H](Oc4ccc(C(=O)N(C)C)c(Cl)c4)CC3)CC2)C(F)(F)F)c1. The van der Waals surface area contributed by atoms with Gasteiger partial charge in [-0.1, -0.05) is 23.7 Å². The molecule has 0 bridgehead atoms. The molecule has 2 fully saturated rings. The van der Waals surface area contributed by atoms with Crippen LogP contribution in [-0.2, 0) is 10.4 Å². The summed E-state index contributed by atoms with van der Waals surface area (Å²) < 4.78 is 53.5. The van der Waals surface area contributed by atoms with Crippen molar-refractivity contribution in [2.75, 3.05) is 34.3 Å². The van der Waals surface area contributed by atoms with Crippen LogP contribution in [-0.4, -0.2) is 73.3 Å². The first kappa shape index (κ1) is 31.0. The summed E-state index contributed by atoms with van der Waals surface area (Å²) in [6.07, 6.45) is -0.584. The van der Waals surface area contributed by atoms with Crippen molar-refractivity contribution in [2.45, 2.75) is 56.4 Å². The molecule has 1 N–H and O–H groups in total. The summed E-state index contributed by atoms with van der Waals surface area (Å²) in [5.41, 5.74) is -3.80. The second-order valence-corrected chi connectivity index (χ2v) is 11.5. The Hall–Kier alpha value is -2.98. The lowest BCUT2D eigenvalue weighted by atomic mass is 9.75. The van der Waals surface area contributed by atoms with Crippen molar-refractivity contribution in [1.82, 2.24) is 9.80 Å². The van der Waals surface area contributed by atoms with Gasteiger partial charge in [0.05, 0.1) is 23.8 Å². The molecule has 2 aromatic carbocycles. The van der Waals surface area contributed by atoms with Gasteiger partial charge in [-0.15, -0.1) is 0 Å². The summed E-state index contributed by atoms with van der Waals surface area (Å²) in [6.45, 7) is 0.303. The van der Waals surface area contributed by atoms with Gasteiger partial charge >= 0.3 is 6.18 Å². The standard InChI is InChI=1S/C30H36ClF3N2O5/c1-35(2)27(37)25-12-11-24(18-26(25)31)41-22-9-7-19(8-10-22)20-13-15-36(16-14-20)28(38)29(39,30(32,33)34)21-5-4-6-23(17-21)40-3/h4-6,11-12,17-20,22,39H,7-10,13-16H2,1-3H3/t19-,22+,29-/m1/s1. The molecule has 0 unspecified atom stereocenters. The number of piperidine rings is 1. The van der Waals surface area contributed by atoms with Crippen LogP contribution >= 0.6 is 11.6 Å². The van der Waals surface area contributed by atoms with E-state index in [1.807, 2.05) is 0 Å². The van der Waals surface area contributed by atoms with E-state index in [-0.39, 0.29) is 36.8 Å². The first-order chi connectivity index (χ1) is 19.3. The Balaban J connectivity index is 1.32. The van der Waals surface area contributed by atoms with E-state index in [2.05, 4.69) is 0 Å². The number of aliphatic hydroxyl groups is 1. The van der Waals surface area contributed by atoms with E-state index in [0.717, 1.165) is 42.7 Å². The quantitative estimate of drug-likeness (QED) is 0.445. The zero-order valence-corrected chi connectivity index (χ0v) is 24.2. The van der Waals surface area contributed by atoms with Gasteiger partial charge in [0.1, 0.15) is 11.5 Å². The highest BCUT2D eigenvalue weighted by atomic mass is 35.5. The van der Waals surface area contributed by atoms with E-state index in [9.17, 15) is 27.9 Å². The number of carbonyl (C=O) groups is 2. The number of amides is 2. The lowest BCUT2D eigenvalue weighted by molar-refractivity contribution is -0.262. The van der Waals surface area contributed by atoms with Gasteiger partial charge in [0.2, 0.25) is 0 Å². The predicted octanol–water partition coefficient (Wildman–Crippen LogP) is 5.68. The molecular weight excluding hydrogens is 561 g/mol. The molecule has 0 aromatic heterocycles. The monoisotopic (exact) mass is 596 g/mol. The fraction of sp³-hybridized carbons (Fsp3) is 0.533. The first-order valence-corrected chi connectivity index (χ1v) is 14.1. The largest absolute Gasteiger partial charge is 0.497 e. The van der Waals surface area contributed by atoms with Crippen molar-refractivity contribution in [3.63, 3.8) is 0 Å². The van der Waals surface area contributed by atoms with Gasteiger partial charge in [0.15, 0.2) is 0 Å². The van der Waals surface area contributed by atoms with Crippen molar-refractivity contribution >= 4 is 23.4 Å². The summed E-state index contributed by atoms with van der Waals surface area (Å²) in [5, 5.41) is 11.1. The van der Waals surface area contributed by atoms with Crippen molar-refractivity contribution in [2.24, 2.45) is 11.8 Å². The van der Waals surface area contributed by atoms with E-state index in [1.165, 1.54) is 24.1 Å². The van der Waals surface area contributed by atoms with E-state index >= 15 is 0 Å². The number of carbonyl (C=O) groups excluding carboxylic acids is 2. The number of methoxy groups -OCH3 is 1. The van der Waals surface area contributed by atoms with Gasteiger partial charge < -0.3 is 24.4 Å². The average molecular weight is 597 g/mol. The minimum absolute atomic E-state index is 0.00374. The minimum atomic E-state index is -5.20. The Kier molecular flexibility index (Phi) is 9.43. The molecule has 1 heterocycles.